The van der Waals surface area contributed by atoms with E-state index in [9.17, 15) is 39.5 Å². The van der Waals surface area contributed by atoms with Gasteiger partial charge in [-0.05, 0) is 0 Å². The van der Waals surface area contributed by atoms with Gasteiger partial charge in [-0.3, -0.25) is 0 Å². The van der Waals surface area contributed by atoms with E-state index in [4.69, 9.17) is 0 Å². The van der Waals surface area contributed by atoms with E-state index in [2.05, 4.69) is 9.22 Å². The molecule has 0 aliphatic rings. The second-order valence-corrected chi connectivity index (χ2v) is 12.3. The molecule has 0 aliphatic carbocycles. The van der Waals surface area contributed by atoms with Crippen molar-refractivity contribution in [2.75, 3.05) is 19.8 Å². The zero-order valence-corrected chi connectivity index (χ0v) is 14.7. The molecule has 23 heavy (non-hydrogen) atoms. The fourth-order valence-electron chi connectivity index (χ4n) is 1.31. The molecule has 0 rings (SSSR count). The Balaban J connectivity index is 5.16. The topological polar surface area (TPSA) is 27.7 Å². The van der Waals surface area contributed by atoms with Gasteiger partial charge >= 0.3 is 131 Å². The molecule has 0 radical (unpaired) electrons. The van der Waals surface area contributed by atoms with Crippen LogP contribution in [-0.2, 0) is 9.22 Å². The first-order chi connectivity index (χ1) is 10.2. The zero-order valence-electron chi connectivity index (χ0n) is 11.9. The van der Waals surface area contributed by atoms with Gasteiger partial charge in [0.15, 0.2) is 0 Å². The molecule has 0 atom stereocenters. The van der Waals surface area contributed by atoms with Crippen LogP contribution in [0, 0.1) is 0 Å². The van der Waals surface area contributed by atoms with E-state index in [0.717, 1.165) is 0 Å². The Morgan fingerprint density at radius 2 is 0.957 bits per heavy atom. The minimum atomic E-state index is -5.69. The first-order valence-corrected chi connectivity index (χ1v) is 11.8. The molecule has 0 bridgehead atoms. The predicted octanol–water partition coefficient (Wildman–Crippen LogP) is 4.46. The Labute approximate surface area is 131 Å². The van der Waals surface area contributed by atoms with Gasteiger partial charge in [-0.2, -0.15) is 0 Å². The van der Waals surface area contributed by atoms with Crippen molar-refractivity contribution in [2.24, 2.45) is 0 Å². The van der Waals surface area contributed by atoms with Gasteiger partial charge in [0.25, 0.3) is 0 Å². The standard InChI is InChI=1S/C4H9.3C2H2F3O.Sn/c1-3-4-2;3*3-2(4,5)1-6;/h1,3-4H2,2H3;3*1H2;/q;3*-1;+3. The number of alkyl halides is 9. The number of rotatable bonds is 9. The third kappa shape index (κ3) is 13.1. The molecule has 0 spiro atoms. The molecule has 0 amide bonds. The van der Waals surface area contributed by atoms with Gasteiger partial charge in [0.05, 0.1) is 0 Å². The second kappa shape index (κ2) is 8.94. The van der Waals surface area contributed by atoms with E-state index >= 15 is 0 Å². The summed E-state index contributed by atoms with van der Waals surface area (Å²) in [4.78, 5) is 0. The Morgan fingerprint density at radius 1 is 0.652 bits per heavy atom. The van der Waals surface area contributed by atoms with Crippen molar-refractivity contribution in [3.8, 4) is 0 Å². The average Bonchev–Trinajstić information content (AvgIpc) is 2.34. The maximum atomic E-state index is 12.2. The SMILES string of the molecule is CCC[CH2][Sn]([O]CC(F)(F)F)([O]CC(F)(F)F)[O]CC(F)(F)F. The van der Waals surface area contributed by atoms with E-state index in [1.54, 1.807) is 6.92 Å². The Morgan fingerprint density at radius 3 is 1.17 bits per heavy atom. The summed E-state index contributed by atoms with van der Waals surface area (Å²) in [5, 5.41) is 0. The first-order valence-electron chi connectivity index (χ1n) is 6.30. The predicted molar refractivity (Wildman–Crippen MR) is 61.5 cm³/mol. The average molecular weight is 473 g/mol. The van der Waals surface area contributed by atoms with Crippen molar-refractivity contribution in [1.29, 1.82) is 0 Å². The number of halogens is 9. The van der Waals surface area contributed by atoms with Crippen molar-refractivity contribution >= 4 is 19.6 Å². The molecule has 0 N–H and O–H groups in total. The summed E-state index contributed by atoms with van der Waals surface area (Å²) in [5.74, 6) is 0. The molecule has 0 aromatic heterocycles. The van der Waals surface area contributed by atoms with Crippen LogP contribution in [0.2, 0.25) is 4.44 Å². The van der Waals surface area contributed by atoms with E-state index in [0.29, 0.717) is 6.42 Å². The first kappa shape index (κ1) is 23.0. The Kier molecular flexibility index (Phi) is 8.96. The van der Waals surface area contributed by atoms with E-state index in [1.807, 2.05) is 0 Å². The molecular formula is C10H15F9O3Sn. The summed E-state index contributed by atoms with van der Waals surface area (Å²) in [6.45, 7) is -4.53. The Bertz CT molecular complexity index is 294. The minimum absolute atomic E-state index is 0.0175. The molecule has 0 aliphatic heterocycles. The van der Waals surface area contributed by atoms with Gasteiger partial charge in [0, 0.05) is 0 Å². The molecule has 3 nitrogen and oxygen atoms in total. The third-order valence-corrected chi connectivity index (χ3v) is 9.96. The van der Waals surface area contributed by atoms with Crippen molar-refractivity contribution in [2.45, 2.75) is 42.7 Å². The molecule has 0 aromatic rings. The van der Waals surface area contributed by atoms with Crippen molar-refractivity contribution in [3.05, 3.63) is 0 Å². The molecule has 140 valence electrons. The summed E-state index contributed by atoms with van der Waals surface area (Å²) in [6.07, 6.45) is -14.5. The van der Waals surface area contributed by atoms with Crippen LogP contribution >= 0.6 is 0 Å². The summed E-state index contributed by atoms with van der Waals surface area (Å²) < 4.78 is 122. The molecule has 0 aromatic carbocycles. The Hall–Kier alpha value is 0.0487. The maximum absolute atomic E-state index is 12.2. The van der Waals surface area contributed by atoms with Crippen LogP contribution in [0.1, 0.15) is 19.8 Å². The molecule has 13 heteroatoms. The number of hydrogen-bond donors (Lipinski definition) is 0. The van der Waals surface area contributed by atoms with Crippen LogP contribution in [0.5, 0.6) is 0 Å². The molecule has 0 saturated heterocycles. The van der Waals surface area contributed by atoms with Gasteiger partial charge in [-0.15, -0.1) is 0 Å². The van der Waals surface area contributed by atoms with E-state index in [-0.39, 0.29) is 6.42 Å². The quantitative estimate of drug-likeness (QED) is 0.366. The van der Waals surface area contributed by atoms with Gasteiger partial charge in [0.2, 0.25) is 0 Å². The second-order valence-electron chi connectivity index (χ2n) is 4.50. The van der Waals surface area contributed by atoms with Crippen LogP contribution in [0.4, 0.5) is 39.5 Å². The molecule has 0 unspecified atom stereocenters. The fraction of sp³-hybridized carbons (Fsp3) is 1.00. The molecule has 0 heterocycles. The van der Waals surface area contributed by atoms with Gasteiger partial charge in [0.1, 0.15) is 0 Å². The normalized spacial score (nSPS) is 14.3. The van der Waals surface area contributed by atoms with Gasteiger partial charge in [-0.1, -0.05) is 0 Å². The fourth-order valence-corrected chi connectivity index (χ4v) is 8.79. The number of unbranched alkanes of at least 4 members (excludes halogenated alkanes) is 1. The van der Waals surface area contributed by atoms with Crippen LogP contribution < -0.4 is 0 Å². The molecule has 0 fully saturated rings. The van der Waals surface area contributed by atoms with E-state index in [1.165, 1.54) is 0 Å². The summed E-state index contributed by atoms with van der Waals surface area (Å²) >= 11 is -5.69. The van der Waals surface area contributed by atoms with E-state index < -0.39 is 62.4 Å². The monoisotopic (exact) mass is 474 g/mol. The van der Waals surface area contributed by atoms with Crippen LogP contribution in [0.3, 0.4) is 0 Å². The van der Waals surface area contributed by atoms with Gasteiger partial charge in [-0.25, -0.2) is 0 Å². The number of hydrogen-bond acceptors (Lipinski definition) is 3. The van der Waals surface area contributed by atoms with Crippen molar-refractivity contribution in [3.63, 3.8) is 0 Å². The van der Waals surface area contributed by atoms with Crippen molar-refractivity contribution < 1.29 is 48.7 Å². The van der Waals surface area contributed by atoms with Crippen molar-refractivity contribution in [1.82, 2.24) is 0 Å². The van der Waals surface area contributed by atoms with Crippen LogP contribution in [-0.4, -0.2) is 58.0 Å². The zero-order chi connectivity index (χ0) is 18.4. The van der Waals surface area contributed by atoms with Crippen LogP contribution in [0.15, 0.2) is 0 Å². The molecule has 0 saturated carbocycles. The third-order valence-electron chi connectivity index (χ3n) is 2.20. The molecular weight excluding hydrogens is 458 g/mol. The summed E-state index contributed by atoms with van der Waals surface area (Å²) in [7, 11) is 0. The van der Waals surface area contributed by atoms with Crippen LogP contribution in [0.25, 0.3) is 0 Å². The summed E-state index contributed by atoms with van der Waals surface area (Å²) in [5.41, 5.74) is 0. The summed E-state index contributed by atoms with van der Waals surface area (Å²) in [6, 6.07) is 0. The van der Waals surface area contributed by atoms with Gasteiger partial charge < -0.3 is 0 Å².